The Kier molecular flexibility index (Phi) is 2.98. The van der Waals surface area contributed by atoms with E-state index in [-0.39, 0.29) is 17.1 Å². The summed E-state index contributed by atoms with van der Waals surface area (Å²) < 4.78 is 41.6. The molecule has 0 saturated heterocycles. The van der Waals surface area contributed by atoms with Gasteiger partial charge in [-0.05, 0) is 18.2 Å². The number of benzene rings is 1. The molecule has 0 unspecified atom stereocenters. The molecule has 2 N–H and O–H groups in total. The Balaban J connectivity index is 1.95. The first kappa shape index (κ1) is 13.1. The summed E-state index contributed by atoms with van der Waals surface area (Å²) in [5, 5.41) is 0. The molecule has 0 atom stereocenters. The highest BCUT2D eigenvalue weighted by Gasteiger charge is 2.29. The third kappa shape index (κ3) is 2.06. The number of imidazole rings is 1. The summed E-state index contributed by atoms with van der Waals surface area (Å²) in [6.07, 6.45) is 3.44. The van der Waals surface area contributed by atoms with Gasteiger partial charge in [-0.1, -0.05) is 0 Å². The zero-order chi connectivity index (χ0) is 14.3. The van der Waals surface area contributed by atoms with Gasteiger partial charge in [0, 0.05) is 25.5 Å². The minimum absolute atomic E-state index is 0.0712. The lowest BCUT2D eigenvalue weighted by atomic mass is 10.3. The van der Waals surface area contributed by atoms with Gasteiger partial charge in [-0.25, -0.2) is 17.8 Å². The minimum atomic E-state index is -3.74. The fraction of sp³-hybridized carbons (Fsp3) is 0.250. The van der Waals surface area contributed by atoms with Crippen molar-refractivity contribution in [3.63, 3.8) is 0 Å². The van der Waals surface area contributed by atoms with Crippen LogP contribution in [0.5, 0.6) is 0 Å². The standard InChI is InChI=1S/C12H13FN4O2S/c13-10-7-9(1-2-11(10)14)20(18,19)17-6-5-16-4-3-15-12(16)8-17/h1-4,7H,5-6,8,14H2. The molecule has 0 radical (unpaired) electrons. The lowest BCUT2D eigenvalue weighted by Crippen LogP contribution is -2.38. The molecule has 0 bridgehead atoms. The Morgan fingerprint density at radius 3 is 2.85 bits per heavy atom. The molecule has 2 heterocycles. The molecule has 0 aliphatic carbocycles. The monoisotopic (exact) mass is 296 g/mol. The van der Waals surface area contributed by atoms with Gasteiger partial charge in [-0.15, -0.1) is 0 Å². The van der Waals surface area contributed by atoms with Gasteiger partial charge in [-0.3, -0.25) is 0 Å². The quantitative estimate of drug-likeness (QED) is 0.832. The number of nitrogen functional groups attached to an aromatic ring is 1. The van der Waals surface area contributed by atoms with Crippen LogP contribution in [0.4, 0.5) is 10.1 Å². The number of halogens is 1. The maximum absolute atomic E-state index is 13.4. The third-order valence-corrected chi connectivity index (χ3v) is 5.16. The van der Waals surface area contributed by atoms with Crippen LogP contribution in [-0.2, 0) is 23.1 Å². The largest absolute Gasteiger partial charge is 0.396 e. The number of hydrogen-bond donors (Lipinski definition) is 1. The van der Waals surface area contributed by atoms with Crippen LogP contribution >= 0.6 is 0 Å². The number of hydrogen-bond acceptors (Lipinski definition) is 4. The second-order valence-electron chi connectivity index (χ2n) is 4.56. The summed E-state index contributed by atoms with van der Waals surface area (Å²) in [4.78, 5) is 4.02. The molecule has 1 aliphatic rings. The smallest absolute Gasteiger partial charge is 0.243 e. The van der Waals surface area contributed by atoms with Crippen LogP contribution in [0.25, 0.3) is 0 Å². The molecule has 8 heteroatoms. The molecule has 1 aromatic carbocycles. The fourth-order valence-corrected chi connectivity index (χ4v) is 3.57. The van der Waals surface area contributed by atoms with Gasteiger partial charge in [-0.2, -0.15) is 4.31 Å². The molecule has 1 aromatic heterocycles. The zero-order valence-corrected chi connectivity index (χ0v) is 11.3. The van der Waals surface area contributed by atoms with Crippen LogP contribution in [0.2, 0.25) is 0 Å². The van der Waals surface area contributed by atoms with E-state index in [0.717, 1.165) is 6.07 Å². The normalized spacial score (nSPS) is 16.1. The van der Waals surface area contributed by atoms with Crippen molar-refractivity contribution in [1.29, 1.82) is 0 Å². The topological polar surface area (TPSA) is 81.2 Å². The Labute approximate surface area is 115 Å². The molecule has 0 fully saturated rings. The summed E-state index contributed by atoms with van der Waals surface area (Å²) in [6.45, 7) is 1.05. The Morgan fingerprint density at radius 2 is 2.10 bits per heavy atom. The number of aromatic nitrogens is 2. The molecular formula is C12H13FN4O2S. The van der Waals surface area contributed by atoms with Crippen LogP contribution in [0.1, 0.15) is 5.82 Å². The van der Waals surface area contributed by atoms with Gasteiger partial charge in [0.05, 0.1) is 17.1 Å². The van der Waals surface area contributed by atoms with Crippen LogP contribution in [0.3, 0.4) is 0 Å². The highest BCUT2D eigenvalue weighted by molar-refractivity contribution is 7.89. The van der Waals surface area contributed by atoms with Crippen molar-refractivity contribution < 1.29 is 12.8 Å². The summed E-state index contributed by atoms with van der Waals surface area (Å²) in [7, 11) is -3.74. The molecule has 3 rings (SSSR count). The second kappa shape index (κ2) is 4.57. The molecular weight excluding hydrogens is 283 g/mol. The van der Waals surface area contributed by atoms with Crippen molar-refractivity contribution in [1.82, 2.24) is 13.9 Å². The Morgan fingerprint density at radius 1 is 1.30 bits per heavy atom. The van der Waals surface area contributed by atoms with Gasteiger partial charge in [0.2, 0.25) is 10.0 Å². The van der Waals surface area contributed by atoms with Crippen molar-refractivity contribution in [2.45, 2.75) is 18.0 Å². The van der Waals surface area contributed by atoms with Gasteiger partial charge in [0.15, 0.2) is 0 Å². The van der Waals surface area contributed by atoms with Crippen molar-refractivity contribution >= 4 is 15.7 Å². The first-order valence-electron chi connectivity index (χ1n) is 6.03. The van der Waals surface area contributed by atoms with E-state index in [4.69, 9.17) is 5.73 Å². The number of nitrogens with two attached hydrogens (primary N) is 1. The maximum atomic E-state index is 13.4. The zero-order valence-electron chi connectivity index (χ0n) is 10.5. The van der Waals surface area contributed by atoms with Crippen molar-refractivity contribution in [3.05, 3.63) is 42.2 Å². The molecule has 20 heavy (non-hydrogen) atoms. The van der Waals surface area contributed by atoms with Crippen LogP contribution in [-0.4, -0.2) is 28.8 Å². The van der Waals surface area contributed by atoms with Crippen LogP contribution < -0.4 is 5.73 Å². The SMILES string of the molecule is Nc1ccc(S(=O)(=O)N2CCn3ccnc3C2)cc1F. The summed E-state index contributed by atoms with van der Waals surface area (Å²) in [6, 6.07) is 3.52. The van der Waals surface area contributed by atoms with Gasteiger partial charge < -0.3 is 10.3 Å². The minimum Gasteiger partial charge on any atom is -0.396 e. The first-order chi connectivity index (χ1) is 9.48. The number of fused-ring (bicyclic) bond motifs is 1. The first-order valence-corrected chi connectivity index (χ1v) is 7.47. The lowest BCUT2D eigenvalue weighted by Gasteiger charge is -2.27. The molecule has 0 saturated carbocycles. The Bertz CT molecular complexity index is 757. The van der Waals surface area contributed by atoms with E-state index < -0.39 is 15.8 Å². The van der Waals surface area contributed by atoms with Crippen LogP contribution in [0.15, 0.2) is 35.5 Å². The highest BCUT2D eigenvalue weighted by Crippen LogP contribution is 2.23. The number of sulfonamides is 1. The summed E-state index contributed by atoms with van der Waals surface area (Å²) in [5.41, 5.74) is 5.29. The molecule has 106 valence electrons. The van der Waals surface area contributed by atoms with Crippen LogP contribution in [0, 0.1) is 5.82 Å². The lowest BCUT2D eigenvalue weighted by molar-refractivity contribution is 0.335. The van der Waals surface area contributed by atoms with Gasteiger partial charge >= 0.3 is 0 Å². The van der Waals surface area contributed by atoms with E-state index >= 15 is 0 Å². The number of rotatable bonds is 2. The highest BCUT2D eigenvalue weighted by atomic mass is 32.2. The van der Waals surface area contributed by atoms with Gasteiger partial charge in [0.1, 0.15) is 11.6 Å². The molecule has 2 aromatic rings. The van der Waals surface area contributed by atoms with E-state index in [1.807, 2.05) is 10.8 Å². The Hall–Kier alpha value is -1.93. The number of anilines is 1. The number of nitrogens with zero attached hydrogens (tertiary/aromatic N) is 3. The maximum Gasteiger partial charge on any atom is 0.243 e. The van der Waals surface area contributed by atoms with E-state index in [1.54, 1.807) is 6.20 Å². The van der Waals surface area contributed by atoms with E-state index in [0.29, 0.717) is 18.9 Å². The summed E-state index contributed by atoms with van der Waals surface area (Å²) >= 11 is 0. The fourth-order valence-electron chi connectivity index (χ4n) is 2.17. The van der Waals surface area contributed by atoms with Crippen molar-refractivity contribution in [2.24, 2.45) is 0 Å². The third-order valence-electron chi connectivity index (χ3n) is 3.32. The molecule has 6 nitrogen and oxygen atoms in total. The summed E-state index contributed by atoms with van der Waals surface area (Å²) in [5.74, 6) is -0.0553. The van der Waals surface area contributed by atoms with E-state index in [2.05, 4.69) is 4.98 Å². The van der Waals surface area contributed by atoms with Crippen molar-refractivity contribution in [3.8, 4) is 0 Å². The average Bonchev–Trinajstić information content (AvgIpc) is 2.89. The molecule has 1 aliphatic heterocycles. The second-order valence-corrected chi connectivity index (χ2v) is 6.50. The van der Waals surface area contributed by atoms with Crippen molar-refractivity contribution in [2.75, 3.05) is 12.3 Å². The molecule has 0 spiro atoms. The van der Waals surface area contributed by atoms with E-state index in [1.165, 1.54) is 16.4 Å². The van der Waals surface area contributed by atoms with E-state index in [9.17, 15) is 12.8 Å². The predicted molar refractivity (Wildman–Crippen MR) is 70.6 cm³/mol. The molecule has 0 amide bonds. The predicted octanol–water partition coefficient (Wildman–Crippen LogP) is 0.809. The van der Waals surface area contributed by atoms with Gasteiger partial charge in [0.25, 0.3) is 0 Å². The average molecular weight is 296 g/mol.